The summed E-state index contributed by atoms with van der Waals surface area (Å²) in [5.74, 6) is 0.134. The van der Waals surface area contributed by atoms with Crippen molar-refractivity contribution in [1.82, 2.24) is 4.57 Å². The first-order chi connectivity index (χ1) is 6.54. The standard InChI is InChI=1S/C12H19NO/c1-6-11-8(3)9(4)12(7-2)13(11)10(5)14/h6-7H2,1-5H3. The molecular formula is C12H19NO. The smallest absolute Gasteiger partial charge is 0.227 e. The molecule has 0 aliphatic heterocycles. The van der Waals surface area contributed by atoms with Crippen LogP contribution in [0.15, 0.2) is 0 Å². The molecule has 2 nitrogen and oxygen atoms in total. The Balaban J connectivity index is 3.49. The molecule has 0 unspecified atom stereocenters. The molecule has 0 spiro atoms. The highest BCUT2D eigenvalue weighted by Crippen LogP contribution is 2.22. The molecule has 0 fully saturated rings. The quantitative estimate of drug-likeness (QED) is 0.708. The van der Waals surface area contributed by atoms with E-state index in [0.717, 1.165) is 12.8 Å². The van der Waals surface area contributed by atoms with Gasteiger partial charge in [-0.2, -0.15) is 0 Å². The van der Waals surface area contributed by atoms with Crippen molar-refractivity contribution in [2.24, 2.45) is 0 Å². The molecule has 1 aromatic rings. The lowest BCUT2D eigenvalue weighted by molar-refractivity contribution is 0.0930. The lowest BCUT2D eigenvalue weighted by atomic mass is 10.1. The van der Waals surface area contributed by atoms with E-state index < -0.39 is 0 Å². The van der Waals surface area contributed by atoms with Crippen LogP contribution in [0.5, 0.6) is 0 Å². The number of rotatable bonds is 2. The molecule has 0 radical (unpaired) electrons. The normalized spacial score (nSPS) is 10.6. The summed E-state index contributed by atoms with van der Waals surface area (Å²) in [5, 5.41) is 0. The summed E-state index contributed by atoms with van der Waals surface area (Å²) < 4.78 is 1.88. The number of hydrogen-bond donors (Lipinski definition) is 0. The van der Waals surface area contributed by atoms with Crippen LogP contribution in [-0.4, -0.2) is 10.5 Å². The van der Waals surface area contributed by atoms with Gasteiger partial charge in [-0.15, -0.1) is 0 Å². The first-order valence-electron chi connectivity index (χ1n) is 5.25. The van der Waals surface area contributed by atoms with Crippen molar-refractivity contribution >= 4 is 5.91 Å². The maximum Gasteiger partial charge on any atom is 0.227 e. The molecular weight excluding hydrogens is 174 g/mol. The second-order valence-corrected chi connectivity index (χ2v) is 3.70. The maximum atomic E-state index is 11.5. The number of nitrogens with zero attached hydrogens (tertiary/aromatic N) is 1. The number of carbonyl (C=O) groups excluding carboxylic acids is 1. The number of hydrogen-bond acceptors (Lipinski definition) is 1. The average molecular weight is 193 g/mol. The van der Waals surface area contributed by atoms with Gasteiger partial charge in [-0.25, -0.2) is 0 Å². The van der Waals surface area contributed by atoms with E-state index in [4.69, 9.17) is 0 Å². The average Bonchev–Trinajstić information content (AvgIpc) is 2.39. The Morgan fingerprint density at radius 1 is 1.07 bits per heavy atom. The van der Waals surface area contributed by atoms with E-state index in [-0.39, 0.29) is 5.91 Å². The van der Waals surface area contributed by atoms with Crippen LogP contribution < -0.4 is 0 Å². The van der Waals surface area contributed by atoms with Crippen molar-refractivity contribution in [1.29, 1.82) is 0 Å². The molecule has 2 heteroatoms. The monoisotopic (exact) mass is 193 g/mol. The van der Waals surface area contributed by atoms with Crippen LogP contribution in [0.2, 0.25) is 0 Å². The highest BCUT2D eigenvalue weighted by Gasteiger charge is 2.16. The molecule has 1 aromatic heterocycles. The molecule has 0 saturated heterocycles. The van der Waals surface area contributed by atoms with E-state index in [1.165, 1.54) is 22.5 Å². The molecule has 0 N–H and O–H groups in total. The molecule has 0 aromatic carbocycles. The Kier molecular flexibility index (Phi) is 3.14. The number of carbonyl (C=O) groups is 1. The fourth-order valence-electron chi connectivity index (χ4n) is 2.16. The van der Waals surface area contributed by atoms with Gasteiger partial charge >= 0.3 is 0 Å². The SMILES string of the molecule is CCc1c(C)c(C)c(CC)n1C(C)=O. The van der Waals surface area contributed by atoms with E-state index in [0.29, 0.717) is 0 Å². The Bertz CT molecular complexity index is 333. The fourth-order valence-corrected chi connectivity index (χ4v) is 2.16. The molecule has 0 saturated carbocycles. The Morgan fingerprint density at radius 3 is 1.64 bits per heavy atom. The van der Waals surface area contributed by atoms with Crippen LogP contribution in [-0.2, 0) is 12.8 Å². The van der Waals surface area contributed by atoms with E-state index in [1.54, 1.807) is 6.92 Å². The lowest BCUT2D eigenvalue weighted by Crippen LogP contribution is -2.12. The van der Waals surface area contributed by atoms with E-state index in [1.807, 2.05) is 4.57 Å². The molecule has 0 aliphatic carbocycles. The molecule has 78 valence electrons. The topological polar surface area (TPSA) is 22.0 Å². The second kappa shape index (κ2) is 3.99. The van der Waals surface area contributed by atoms with Crippen molar-refractivity contribution in [3.05, 3.63) is 22.5 Å². The summed E-state index contributed by atoms with van der Waals surface area (Å²) >= 11 is 0. The molecule has 0 bridgehead atoms. The van der Waals surface area contributed by atoms with Gasteiger partial charge in [0.15, 0.2) is 0 Å². The minimum absolute atomic E-state index is 0.134. The summed E-state index contributed by atoms with van der Waals surface area (Å²) in [6.45, 7) is 10.0. The molecule has 1 rings (SSSR count). The third kappa shape index (κ3) is 1.49. The van der Waals surface area contributed by atoms with Gasteiger partial charge in [0.25, 0.3) is 0 Å². The molecule has 1 heterocycles. The minimum Gasteiger partial charge on any atom is -0.288 e. The second-order valence-electron chi connectivity index (χ2n) is 3.70. The third-order valence-corrected chi connectivity index (χ3v) is 2.95. The van der Waals surface area contributed by atoms with Crippen LogP contribution in [0.25, 0.3) is 0 Å². The van der Waals surface area contributed by atoms with Crippen molar-refractivity contribution < 1.29 is 4.79 Å². The fraction of sp³-hybridized carbons (Fsp3) is 0.583. The minimum atomic E-state index is 0.134. The van der Waals surface area contributed by atoms with Crippen LogP contribution >= 0.6 is 0 Å². The van der Waals surface area contributed by atoms with Crippen LogP contribution in [0.1, 0.15) is 48.1 Å². The molecule has 0 amide bonds. The van der Waals surface area contributed by atoms with E-state index in [2.05, 4.69) is 27.7 Å². The Hall–Kier alpha value is -1.05. The lowest BCUT2D eigenvalue weighted by Gasteiger charge is -2.07. The number of aromatic nitrogens is 1. The van der Waals surface area contributed by atoms with Crippen molar-refractivity contribution in [2.75, 3.05) is 0 Å². The first-order valence-corrected chi connectivity index (χ1v) is 5.25. The summed E-state index contributed by atoms with van der Waals surface area (Å²) in [4.78, 5) is 11.5. The zero-order chi connectivity index (χ0) is 10.9. The zero-order valence-electron chi connectivity index (χ0n) is 9.77. The third-order valence-electron chi connectivity index (χ3n) is 2.95. The predicted octanol–water partition coefficient (Wildman–Crippen LogP) is 2.89. The molecule has 0 aliphatic rings. The predicted molar refractivity (Wildman–Crippen MR) is 59.0 cm³/mol. The van der Waals surface area contributed by atoms with E-state index >= 15 is 0 Å². The molecule has 14 heavy (non-hydrogen) atoms. The summed E-state index contributed by atoms with van der Waals surface area (Å²) in [7, 11) is 0. The summed E-state index contributed by atoms with van der Waals surface area (Å²) in [5.41, 5.74) is 4.90. The van der Waals surface area contributed by atoms with Gasteiger partial charge in [-0.05, 0) is 37.8 Å². The van der Waals surface area contributed by atoms with Crippen molar-refractivity contribution in [2.45, 2.75) is 47.5 Å². The van der Waals surface area contributed by atoms with E-state index in [9.17, 15) is 4.79 Å². The van der Waals surface area contributed by atoms with Crippen molar-refractivity contribution in [3.8, 4) is 0 Å². The maximum absolute atomic E-state index is 11.5. The van der Waals surface area contributed by atoms with Gasteiger partial charge < -0.3 is 0 Å². The van der Waals surface area contributed by atoms with Gasteiger partial charge in [0.2, 0.25) is 5.91 Å². The summed E-state index contributed by atoms with van der Waals surface area (Å²) in [6.07, 6.45) is 1.85. The van der Waals surface area contributed by atoms with Gasteiger partial charge in [-0.1, -0.05) is 13.8 Å². The zero-order valence-corrected chi connectivity index (χ0v) is 9.77. The first kappa shape index (κ1) is 11.0. The van der Waals surface area contributed by atoms with Gasteiger partial charge in [-0.3, -0.25) is 9.36 Å². The highest BCUT2D eigenvalue weighted by molar-refractivity contribution is 5.79. The largest absolute Gasteiger partial charge is 0.288 e. The van der Waals surface area contributed by atoms with Gasteiger partial charge in [0.05, 0.1) is 0 Å². The highest BCUT2D eigenvalue weighted by atomic mass is 16.1. The van der Waals surface area contributed by atoms with Gasteiger partial charge in [0.1, 0.15) is 0 Å². The molecule has 0 atom stereocenters. The van der Waals surface area contributed by atoms with Gasteiger partial charge in [0, 0.05) is 18.3 Å². The Morgan fingerprint density at radius 2 is 1.43 bits per heavy atom. The Labute approximate surface area is 85.9 Å². The van der Waals surface area contributed by atoms with Crippen LogP contribution in [0.3, 0.4) is 0 Å². The van der Waals surface area contributed by atoms with Crippen molar-refractivity contribution in [3.63, 3.8) is 0 Å². The summed E-state index contributed by atoms with van der Waals surface area (Å²) in [6, 6.07) is 0. The van der Waals surface area contributed by atoms with Crippen LogP contribution in [0.4, 0.5) is 0 Å². The van der Waals surface area contributed by atoms with Crippen LogP contribution in [0, 0.1) is 13.8 Å².